The SMILES string of the molecule is CC[C@@H](Nc1nc(Nc2ccc(OC)c(F)c2)nc(NC2CCCCCC2)n1)C1CCCN1. The molecule has 1 saturated heterocycles. The maximum absolute atomic E-state index is 14.2. The van der Waals surface area contributed by atoms with E-state index in [9.17, 15) is 4.39 Å². The minimum absolute atomic E-state index is 0.198. The third-order valence-electron chi connectivity index (χ3n) is 6.57. The molecular formula is C24H36FN7O. The third kappa shape index (κ3) is 6.43. The quantitative estimate of drug-likeness (QED) is 0.397. The summed E-state index contributed by atoms with van der Waals surface area (Å²) in [6.45, 7) is 3.22. The molecule has 2 atom stereocenters. The molecule has 1 aromatic carbocycles. The average Bonchev–Trinajstić information content (AvgIpc) is 3.22. The van der Waals surface area contributed by atoms with E-state index in [2.05, 4.69) is 38.2 Å². The first-order valence-electron chi connectivity index (χ1n) is 12.3. The highest BCUT2D eigenvalue weighted by Crippen LogP contribution is 2.25. The van der Waals surface area contributed by atoms with Crippen molar-refractivity contribution in [1.29, 1.82) is 0 Å². The lowest BCUT2D eigenvalue weighted by Gasteiger charge is -2.24. The van der Waals surface area contributed by atoms with Gasteiger partial charge < -0.3 is 26.0 Å². The predicted octanol–water partition coefficient (Wildman–Crippen LogP) is 4.84. The van der Waals surface area contributed by atoms with Crippen molar-refractivity contribution >= 4 is 23.5 Å². The van der Waals surface area contributed by atoms with Crippen LogP contribution in [0.2, 0.25) is 0 Å². The maximum Gasteiger partial charge on any atom is 0.233 e. The van der Waals surface area contributed by atoms with Crippen molar-refractivity contribution < 1.29 is 9.13 Å². The van der Waals surface area contributed by atoms with Gasteiger partial charge in [0.1, 0.15) is 0 Å². The highest BCUT2D eigenvalue weighted by molar-refractivity contribution is 5.57. The maximum atomic E-state index is 14.2. The monoisotopic (exact) mass is 457 g/mol. The van der Waals surface area contributed by atoms with Gasteiger partial charge in [0.25, 0.3) is 0 Å². The van der Waals surface area contributed by atoms with Crippen LogP contribution in [0.3, 0.4) is 0 Å². The fourth-order valence-electron chi connectivity index (χ4n) is 4.75. The Bertz CT molecular complexity index is 898. The summed E-state index contributed by atoms with van der Waals surface area (Å²) in [6.07, 6.45) is 10.5. The molecule has 0 spiro atoms. The Morgan fingerprint density at radius 1 is 1.03 bits per heavy atom. The molecule has 4 rings (SSSR count). The second-order valence-electron chi connectivity index (χ2n) is 8.98. The van der Waals surface area contributed by atoms with Gasteiger partial charge in [0.15, 0.2) is 11.6 Å². The molecule has 9 heteroatoms. The zero-order valence-corrected chi connectivity index (χ0v) is 19.7. The van der Waals surface area contributed by atoms with Crippen molar-refractivity contribution in [3.63, 3.8) is 0 Å². The van der Waals surface area contributed by atoms with E-state index in [0.29, 0.717) is 35.6 Å². The minimum Gasteiger partial charge on any atom is -0.494 e. The number of rotatable bonds is 9. The van der Waals surface area contributed by atoms with Crippen LogP contribution in [-0.2, 0) is 0 Å². The normalized spacial score (nSPS) is 20.2. The van der Waals surface area contributed by atoms with E-state index in [0.717, 1.165) is 32.2 Å². The molecule has 1 aromatic heterocycles. The van der Waals surface area contributed by atoms with Crippen LogP contribution in [0.25, 0.3) is 0 Å². The number of hydrogen-bond donors (Lipinski definition) is 4. The minimum atomic E-state index is -0.440. The Labute approximate surface area is 195 Å². The van der Waals surface area contributed by atoms with Gasteiger partial charge in [-0.1, -0.05) is 32.6 Å². The van der Waals surface area contributed by atoms with E-state index in [1.165, 1.54) is 45.3 Å². The van der Waals surface area contributed by atoms with Gasteiger partial charge in [0.2, 0.25) is 17.8 Å². The molecule has 2 heterocycles. The fourth-order valence-corrected chi connectivity index (χ4v) is 4.75. The van der Waals surface area contributed by atoms with Crippen LogP contribution in [0, 0.1) is 5.82 Å². The van der Waals surface area contributed by atoms with Crippen molar-refractivity contribution in [2.75, 3.05) is 29.6 Å². The molecule has 2 fully saturated rings. The van der Waals surface area contributed by atoms with Gasteiger partial charge in [0, 0.05) is 29.9 Å². The largest absolute Gasteiger partial charge is 0.494 e. The summed E-state index contributed by atoms with van der Waals surface area (Å²) in [4.78, 5) is 13.9. The molecule has 0 radical (unpaired) electrons. The molecule has 180 valence electrons. The molecular weight excluding hydrogens is 421 g/mol. The van der Waals surface area contributed by atoms with Gasteiger partial charge >= 0.3 is 0 Å². The van der Waals surface area contributed by atoms with E-state index in [1.807, 2.05) is 0 Å². The number of aromatic nitrogens is 3. The number of nitrogens with zero attached hydrogens (tertiary/aromatic N) is 3. The Hall–Kier alpha value is -2.68. The number of halogens is 1. The van der Waals surface area contributed by atoms with Crippen LogP contribution >= 0.6 is 0 Å². The van der Waals surface area contributed by atoms with E-state index < -0.39 is 5.82 Å². The molecule has 0 bridgehead atoms. The summed E-state index contributed by atoms with van der Waals surface area (Å²) < 4.78 is 19.2. The van der Waals surface area contributed by atoms with Gasteiger partial charge in [-0.2, -0.15) is 15.0 Å². The van der Waals surface area contributed by atoms with Gasteiger partial charge in [-0.25, -0.2) is 4.39 Å². The smallest absolute Gasteiger partial charge is 0.233 e. The van der Waals surface area contributed by atoms with Gasteiger partial charge in [-0.3, -0.25) is 0 Å². The highest BCUT2D eigenvalue weighted by Gasteiger charge is 2.24. The van der Waals surface area contributed by atoms with Crippen molar-refractivity contribution in [2.45, 2.75) is 82.8 Å². The molecule has 0 amide bonds. The summed E-state index contributed by atoms with van der Waals surface area (Å²) in [5, 5.41) is 13.7. The van der Waals surface area contributed by atoms with E-state index in [-0.39, 0.29) is 11.8 Å². The third-order valence-corrected chi connectivity index (χ3v) is 6.57. The first kappa shape index (κ1) is 23.5. The van der Waals surface area contributed by atoms with Gasteiger partial charge in [-0.05, 0) is 50.8 Å². The number of nitrogens with one attached hydrogen (secondary N) is 4. The van der Waals surface area contributed by atoms with Crippen LogP contribution in [-0.4, -0.2) is 46.7 Å². The second-order valence-corrected chi connectivity index (χ2v) is 8.98. The number of anilines is 4. The second kappa shape index (κ2) is 11.4. The molecule has 4 N–H and O–H groups in total. The lowest BCUT2D eigenvalue weighted by molar-refractivity contribution is 0.386. The van der Waals surface area contributed by atoms with Crippen LogP contribution in [0.4, 0.5) is 27.9 Å². The fraction of sp³-hybridized carbons (Fsp3) is 0.625. The number of benzene rings is 1. The van der Waals surface area contributed by atoms with Crippen molar-refractivity contribution in [3.8, 4) is 5.75 Å². The summed E-state index contributed by atoms with van der Waals surface area (Å²) in [7, 11) is 1.45. The Balaban J connectivity index is 1.56. The van der Waals surface area contributed by atoms with E-state index in [4.69, 9.17) is 9.72 Å². The molecule has 1 aliphatic carbocycles. The molecule has 33 heavy (non-hydrogen) atoms. The van der Waals surface area contributed by atoms with Gasteiger partial charge in [0.05, 0.1) is 7.11 Å². The standard InChI is InChI=1S/C24H36FN7O/c1-3-19(20-11-8-14-26-20)29-24-31-22(27-16-9-6-4-5-7-10-16)30-23(32-24)28-17-12-13-21(33-2)18(25)15-17/h12-13,15-16,19-20,26H,3-11,14H2,1-2H3,(H3,27,28,29,30,31,32)/t19-,20?/m1/s1. The molecule has 1 aliphatic heterocycles. The topological polar surface area (TPSA) is 96.0 Å². The van der Waals surface area contributed by atoms with Crippen molar-refractivity contribution in [1.82, 2.24) is 20.3 Å². The van der Waals surface area contributed by atoms with E-state index in [1.54, 1.807) is 12.1 Å². The molecule has 2 aromatic rings. The zero-order chi connectivity index (χ0) is 23.0. The molecule has 1 unspecified atom stereocenters. The Morgan fingerprint density at radius 3 is 2.45 bits per heavy atom. The summed E-state index contributed by atoms with van der Waals surface area (Å²) >= 11 is 0. The predicted molar refractivity (Wildman–Crippen MR) is 130 cm³/mol. The lowest BCUT2D eigenvalue weighted by atomic mass is 10.0. The summed E-state index contributed by atoms with van der Waals surface area (Å²) in [5.41, 5.74) is 0.551. The number of hydrogen-bond acceptors (Lipinski definition) is 8. The Kier molecular flexibility index (Phi) is 8.15. The lowest BCUT2D eigenvalue weighted by Crippen LogP contribution is -2.40. The number of methoxy groups -OCH3 is 1. The van der Waals surface area contributed by atoms with Crippen molar-refractivity contribution in [2.24, 2.45) is 0 Å². The van der Waals surface area contributed by atoms with E-state index >= 15 is 0 Å². The van der Waals surface area contributed by atoms with Crippen LogP contribution in [0.15, 0.2) is 18.2 Å². The zero-order valence-electron chi connectivity index (χ0n) is 19.7. The first-order valence-corrected chi connectivity index (χ1v) is 12.3. The summed E-state index contributed by atoms with van der Waals surface area (Å²) in [6, 6.07) is 5.69. The van der Waals surface area contributed by atoms with Gasteiger partial charge in [-0.15, -0.1) is 0 Å². The first-order chi connectivity index (χ1) is 16.1. The molecule has 8 nitrogen and oxygen atoms in total. The number of ether oxygens (including phenoxy) is 1. The molecule has 1 saturated carbocycles. The van der Waals surface area contributed by atoms with Crippen LogP contribution in [0.5, 0.6) is 5.75 Å². The van der Waals surface area contributed by atoms with Crippen molar-refractivity contribution in [3.05, 3.63) is 24.0 Å². The van der Waals surface area contributed by atoms with Crippen LogP contribution in [0.1, 0.15) is 64.7 Å². The average molecular weight is 458 g/mol. The Morgan fingerprint density at radius 2 is 1.79 bits per heavy atom. The summed E-state index contributed by atoms with van der Waals surface area (Å²) in [5.74, 6) is 1.21. The molecule has 2 aliphatic rings. The highest BCUT2D eigenvalue weighted by atomic mass is 19.1. The van der Waals surface area contributed by atoms with Crippen LogP contribution < -0.4 is 26.0 Å².